The number of nitrogens with two attached hydrogens (primary N) is 1. The first-order valence-corrected chi connectivity index (χ1v) is 6.62. The molecule has 92 valence electrons. The van der Waals surface area contributed by atoms with Crippen LogP contribution in [-0.2, 0) is 0 Å². The van der Waals surface area contributed by atoms with Crippen molar-refractivity contribution in [2.24, 2.45) is 16.8 Å². The highest BCUT2D eigenvalue weighted by Crippen LogP contribution is 2.25. The van der Waals surface area contributed by atoms with Crippen molar-refractivity contribution in [3.05, 3.63) is 0 Å². The van der Waals surface area contributed by atoms with E-state index in [1.165, 1.54) is 38.5 Å². The van der Waals surface area contributed by atoms with Gasteiger partial charge in [0.05, 0.1) is 6.04 Å². The summed E-state index contributed by atoms with van der Waals surface area (Å²) in [5.74, 6) is 7.38. The van der Waals surface area contributed by atoms with Gasteiger partial charge < -0.3 is 4.90 Å². The van der Waals surface area contributed by atoms with Crippen molar-refractivity contribution in [2.45, 2.75) is 51.5 Å². The fourth-order valence-corrected chi connectivity index (χ4v) is 2.43. The molecule has 0 aromatic carbocycles. The van der Waals surface area contributed by atoms with Crippen molar-refractivity contribution in [2.75, 3.05) is 13.1 Å². The van der Waals surface area contributed by atoms with Gasteiger partial charge in [0.1, 0.15) is 0 Å². The van der Waals surface area contributed by atoms with Crippen molar-refractivity contribution >= 4 is 5.96 Å². The van der Waals surface area contributed by atoms with Crippen LogP contribution in [0.3, 0.4) is 0 Å². The SMILES string of the molecule is CCCC1CCN(C(=NC2CC2)NN)CC1. The minimum atomic E-state index is 0.541. The second-order valence-electron chi connectivity index (χ2n) is 5.05. The molecule has 0 aromatic heterocycles. The summed E-state index contributed by atoms with van der Waals surface area (Å²) in [5, 5.41) is 0. The smallest absolute Gasteiger partial charge is 0.208 e. The molecule has 1 heterocycles. The number of likely N-dealkylation sites (tertiary alicyclic amines) is 1. The Morgan fingerprint density at radius 1 is 1.31 bits per heavy atom. The first-order chi connectivity index (χ1) is 7.83. The quantitative estimate of drug-likeness (QED) is 0.330. The summed E-state index contributed by atoms with van der Waals surface area (Å²) >= 11 is 0. The Morgan fingerprint density at radius 2 is 2.00 bits per heavy atom. The van der Waals surface area contributed by atoms with Crippen LogP contribution in [0.1, 0.15) is 45.4 Å². The number of hydrogen-bond donors (Lipinski definition) is 2. The van der Waals surface area contributed by atoms with Gasteiger partial charge in [-0.1, -0.05) is 19.8 Å². The second kappa shape index (κ2) is 5.53. The summed E-state index contributed by atoms with van der Waals surface area (Å²) in [6.45, 7) is 4.49. The number of hydrogen-bond acceptors (Lipinski definition) is 2. The number of aliphatic imine (C=N–C) groups is 1. The maximum atomic E-state index is 5.55. The largest absolute Gasteiger partial charge is 0.342 e. The number of nitrogens with zero attached hydrogens (tertiary/aromatic N) is 2. The molecule has 0 spiro atoms. The molecule has 0 aromatic rings. The van der Waals surface area contributed by atoms with E-state index in [0.29, 0.717) is 6.04 Å². The fraction of sp³-hybridized carbons (Fsp3) is 0.917. The number of hydrazine groups is 1. The van der Waals surface area contributed by atoms with Gasteiger partial charge in [-0.2, -0.15) is 0 Å². The lowest BCUT2D eigenvalue weighted by molar-refractivity contribution is 0.249. The highest BCUT2D eigenvalue weighted by Gasteiger charge is 2.25. The van der Waals surface area contributed by atoms with E-state index in [0.717, 1.165) is 25.0 Å². The maximum absolute atomic E-state index is 5.55. The lowest BCUT2D eigenvalue weighted by atomic mass is 9.93. The van der Waals surface area contributed by atoms with Crippen molar-refractivity contribution in [3.63, 3.8) is 0 Å². The van der Waals surface area contributed by atoms with E-state index in [9.17, 15) is 0 Å². The lowest BCUT2D eigenvalue weighted by Gasteiger charge is -2.33. The van der Waals surface area contributed by atoms with E-state index in [4.69, 9.17) is 5.84 Å². The first kappa shape index (κ1) is 11.7. The minimum absolute atomic E-state index is 0.541. The van der Waals surface area contributed by atoms with Crippen LogP contribution in [0.2, 0.25) is 0 Å². The molecule has 2 fully saturated rings. The van der Waals surface area contributed by atoms with Crippen molar-refractivity contribution in [3.8, 4) is 0 Å². The van der Waals surface area contributed by atoms with Crippen LogP contribution in [-0.4, -0.2) is 30.0 Å². The molecule has 4 nitrogen and oxygen atoms in total. The van der Waals surface area contributed by atoms with Crippen LogP contribution in [0.15, 0.2) is 4.99 Å². The average molecular weight is 224 g/mol. The van der Waals surface area contributed by atoms with Gasteiger partial charge in [0, 0.05) is 13.1 Å². The van der Waals surface area contributed by atoms with Crippen molar-refractivity contribution < 1.29 is 0 Å². The highest BCUT2D eigenvalue weighted by atomic mass is 15.4. The Labute approximate surface area is 98.3 Å². The van der Waals surface area contributed by atoms with E-state index in [1.807, 2.05) is 0 Å². The molecule has 1 saturated carbocycles. The summed E-state index contributed by atoms with van der Waals surface area (Å²) in [6, 6.07) is 0.541. The number of piperidine rings is 1. The lowest BCUT2D eigenvalue weighted by Crippen LogP contribution is -2.48. The zero-order chi connectivity index (χ0) is 11.4. The Morgan fingerprint density at radius 3 is 2.50 bits per heavy atom. The Bertz CT molecular complexity index is 239. The molecule has 0 atom stereocenters. The zero-order valence-electron chi connectivity index (χ0n) is 10.3. The molecule has 1 aliphatic heterocycles. The summed E-state index contributed by atoms with van der Waals surface area (Å²) in [6.07, 6.45) is 7.73. The molecule has 2 aliphatic rings. The van der Waals surface area contributed by atoms with E-state index < -0.39 is 0 Å². The molecule has 1 saturated heterocycles. The molecule has 3 N–H and O–H groups in total. The van der Waals surface area contributed by atoms with Crippen LogP contribution in [0.5, 0.6) is 0 Å². The Kier molecular flexibility index (Phi) is 4.04. The average Bonchev–Trinajstić information content (AvgIpc) is 3.11. The van der Waals surface area contributed by atoms with Gasteiger partial charge in [-0.15, -0.1) is 0 Å². The van der Waals surface area contributed by atoms with Crippen molar-refractivity contribution in [1.82, 2.24) is 10.3 Å². The summed E-state index contributed by atoms with van der Waals surface area (Å²) in [4.78, 5) is 6.92. The van der Waals surface area contributed by atoms with Crippen LogP contribution < -0.4 is 11.3 Å². The third-order valence-corrected chi connectivity index (χ3v) is 3.59. The topological polar surface area (TPSA) is 53.6 Å². The molecule has 4 heteroatoms. The maximum Gasteiger partial charge on any atom is 0.208 e. The summed E-state index contributed by atoms with van der Waals surface area (Å²) in [7, 11) is 0. The van der Waals surface area contributed by atoms with E-state index in [-0.39, 0.29) is 0 Å². The molecular formula is C12H24N4. The predicted octanol–water partition coefficient (Wildman–Crippen LogP) is 1.48. The fourth-order valence-electron chi connectivity index (χ4n) is 2.43. The van der Waals surface area contributed by atoms with E-state index >= 15 is 0 Å². The van der Waals surface area contributed by atoms with Gasteiger partial charge >= 0.3 is 0 Å². The van der Waals surface area contributed by atoms with E-state index in [1.54, 1.807) is 0 Å². The summed E-state index contributed by atoms with van der Waals surface area (Å²) in [5.41, 5.74) is 2.77. The number of nitrogens with one attached hydrogen (secondary N) is 1. The van der Waals surface area contributed by atoms with Crippen molar-refractivity contribution in [1.29, 1.82) is 0 Å². The van der Waals surface area contributed by atoms with Gasteiger partial charge in [0.25, 0.3) is 0 Å². The highest BCUT2D eigenvalue weighted by molar-refractivity contribution is 5.79. The van der Waals surface area contributed by atoms with Crippen LogP contribution >= 0.6 is 0 Å². The summed E-state index contributed by atoms with van der Waals surface area (Å²) < 4.78 is 0. The number of guanidine groups is 1. The Balaban J connectivity index is 1.82. The van der Waals surface area contributed by atoms with Gasteiger partial charge in [0.2, 0.25) is 5.96 Å². The molecule has 0 unspecified atom stereocenters. The van der Waals surface area contributed by atoms with Gasteiger partial charge in [-0.05, 0) is 31.6 Å². The van der Waals surface area contributed by atoms with Gasteiger partial charge in [0.15, 0.2) is 0 Å². The van der Waals surface area contributed by atoms with Gasteiger partial charge in [-0.25, -0.2) is 10.8 Å². The van der Waals surface area contributed by atoms with E-state index in [2.05, 4.69) is 22.2 Å². The monoisotopic (exact) mass is 224 g/mol. The first-order valence-electron chi connectivity index (χ1n) is 6.62. The molecule has 1 aliphatic carbocycles. The molecular weight excluding hydrogens is 200 g/mol. The van der Waals surface area contributed by atoms with Gasteiger partial charge in [-0.3, -0.25) is 5.43 Å². The molecule has 0 radical (unpaired) electrons. The minimum Gasteiger partial charge on any atom is -0.342 e. The van der Waals surface area contributed by atoms with Crippen LogP contribution in [0.4, 0.5) is 0 Å². The predicted molar refractivity (Wildman–Crippen MR) is 67.0 cm³/mol. The molecule has 0 bridgehead atoms. The Hall–Kier alpha value is -0.770. The molecule has 0 amide bonds. The third-order valence-electron chi connectivity index (χ3n) is 3.59. The third kappa shape index (κ3) is 3.11. The molecule has 2 rings (SSSR count). The normalized spacial score (nSPS) is 23.6. The zero-order valence-corrected chi connectivity index (χ0v) is 10.3. The number of rotatable bonds is 3. The van der Waals surface area contributed by atoms with Crippen LogP contribution in [0.25, 0.3) is 0 Å². The standard InChI is InChI=1S/C12H24N4/c1-2-3-10-6-8-16(9-7-10)12(15-13)14-11-4-5-11/h10-11H,2-9,13H2,1H3,(H,14,15). The van der Waals surface area contributed by atoms with Crippen LogP contribution in [0, 0.1) is 5.92 Å². The second-order valence-corrected chi connectivity index (χ2v) is 5.05. The molecule has 16 heavy (non-hydrogen) atoms.